The fourth-order valence-electron chi connectivity index (χ4n) is 1.58. The fourth-order valence-corrected chi connectivity index (χ4v) is 1.58. The van der Waals surface area contributed by atoms with Crippen molar-refractivity contribution in [2.45, 2.75) is 18.4 Å². The van der Waals surface area contributed by atoms with Gasteiger partial charge in [0.25, 0.3) is 0 Å². The molecular formula is C8H14N4O3. The molecule has 1 saturated heterocycles. The fraction of sp³-hybridized carbons (Fsp3) is 0.875. The third-order valence-corrected chi connectivity index (χ3v) is 2.49. The second-order valence-electron chi connectivity index (χ2n) is 3.38. The summed E-state index contributed by atoms with van der Waals surface area (Å²) in [5.74, 6) is -0.869. The molecule has 0 saturated carbocycles. The summed E-state index contributed by atoms with van der Waals surface area (Å²) in [5.41, 5.74) is 7.16. The molecule has 0 radical (unpaired) electrons. The van der Waals surface area contributed by atoms with Crippen molar-refractivity contribution in [2.24, 2.45) is 5.11 Å². The summed E-state index contributed by atoms with van der Waals surface area (Å²) in [6.07, 6.45) is 0.886. The zero-order chi connectivity index (χ0) is 11.1. The molecule has 0 aromatic carbocycles. The Balaban J connectivity index is 2.49. The van der Waals surface area contributed by atoms with Crippen LogP contribution in [0.25, 0.3) is 10.4 Å². The number of aliphatic carboxylic acids is 1. The molecule has 84 valence electrons. The Morgan fingerprint density at radius 1 is 1.60 bits per heavy atom. The van der Waals surface area contributed by atoms with E-state index >= 15 is 0 Å². The highest BCUT2D eigenvalue weighted by molar-refractivity contribution is 5.78. The first-order valence-electron chi connectivity index (χ1n) is 4.78. The van der Waals surface area contributed by atoms with Gasteiger partial charge in [-0.1, -0.05) is 5.11 Å². The molecule has 15 heavy (non-hydrogen) atoms. The maximum Gasteiger partial charge on any atom is 0.324 e. The summed E-state index contributed by atoms with van der Waals surface area (Å²) in [7, 11) is 0. The van der Waals surface area contributed by atoms with Crippen LogP contribution in [0.5, 0.6) is 0 Å². The van der Waals surface area contributed by atoms with Crippen molar-refractivity contribution in [1.82, 2.24) is 5.32 Å². The van der Waals surface area contributed by atoms with Gasteiger partial charge in [0, 0.05) is 31.2 Å². The number of carboxylic acid groups (broad SMARTS) is 1. The first-order valence-corrected chi connectivity index (χ1v) is 4.78. The average Bonchev–Trinajstić information content (AvgIpc) is 2.26. The Hall–Kier alpha value is -1.30. The second kappa shape index (κ2) is 5.55. The molecular weight excluding hydrogens is 200 g/mol. The molecule has 1 fully saturated rings. The Morgan fingerprint density at radius 3 is 2.80 bits per heavy atom. The monoisotopic (exact) mass is 214 g/mol. The summed E-state index contributed by atoms with van der Waals surface area (Å²) in [6, 6.07) is 0. The minimum Gasteiger partial charge on any atom is -0.480 e. The van der Waals surface area contributed by atoms with Crippen molar-refractivity contribution in [2.75, 3.05) is 26.3 Å². The lowest BCUT2D eigenvalue weighted by Gasteiger charge is -2.33. The van der Waals surface area contributed by atoms with E-state index < -0.39 is 11.5 Å². The highest BCUT2D eigenvalue weighted by Gasteiger charge is 2.39. The van der Waals surface area contributed by atoms with Crippen LogP contribution in [0.15, 0.2) is 5.11 Å². The minimum atomic E-state index is -0.913. The van der Waals surface area contributed by atoms with Gasteiger partial charge in [0.1, 0.15) is 5.54 Å². The molecule has 7 nitrogen and oxygen atoms in total. The SMILES string of the molecule is [N-]=[N+]=NCCNC1(C(=O)O)CCOCC1. The molecule has 0 amide bonds. The van der Waals surface area contributed by atoms with Crippen LogP contribution < -0.4 is 5.32 Å². The molecule has 1 aliphatic rings. The molecule has 0 aliphatic carbocycles. The van der Waals surface area contributed by atoms with Gasteiger partial charge in [0.15, 0.2) is 0 Å². The molecule has 2 N–H and O–H groups in total. The van der Waals surface area contributed by atoms with E-state index in [1.165, 1.54) is 0 Å². The first kappa shape index (κ1) is 11.8. The van der Waals surface area contributed by atoms with Gasteiger partial charge in [0.05, 0.1) is 0 Å². The predicted octanol–water partition coefficient (Wildman–Crippen LogP) is 0.520. The van der Waals surface area contributed by atoms with Crippen molar-refractivity contribution in [3.8, 4) is 0 Å². The highest BCUT2D eigenvalue weighted by Crippen LogP contribution is 2.20. The van der Waals surface area contributed by atoms with E-state index in [1.807, 2.05) is 0 Å². The predicted molar refractivity (Wildman–Crippen MR) is 52.4 cm³/mol. The van der Waals surface area contributed by atoms with Gasteiger partial charge in [-0.05, 0) is 18.4 Å². The number of nitrogens with zero attached hydrogens (tertiary/aromatic N) is 3. The molecule has 1 heterocycles. The number of rotatable bonds is 5. The average molecular weight is 214 g/mol. The molecule has 0 bridgehead atoms. The number of carboxylic acids is 1. The van der Waals surface area contributed by atoms with Crippen LogP contribution in [0.2, 0.25) is 0 Å². The molecule has 0 aromatic rings. The van der Waals surface area contributed by atoms with Gasteiger partial charge in [-0.25, -0.2) is 0 Å². The van der Waals surface area contributed by atoms with Gasteiger partial charge < -0.3 is 15.2 Å². The lowest BCUT2D eigenvalue weighted by Crippen LogP contribution is -2.56. The standard InChI is InChI=1S/C8H14N4O3/c9-12-11-4-3-10-8(7(13)14)1-5-15-6-2-8/h10H,1-6H2,(H,13,14). The Labute approximate surface area is 87.0 Å². The number of carbonyl (C=O) groups is 1. The van der Waals surface area contributed by atoms with Crippen LogP contribution in [-0.2, 0) is 9.53 Å². The van der Waals surface area contributed by atoms with Crippen molar-refractivity contribution in [3.05, 3.63) is 10.4 Å². The van der Waals surface area contributed by atoms with Crippen molar-refractivity contribution < 1.29 is 14.6 Å². The maximum absolute atomic E-state index is 11.1. The van der Waals surface area contributed by atoms with Crippen molar-refractivity contribution in [3.63, 3.8) is 0 Å². The molecule has 1 aliphatic heterocycles. The smallest absolute Gasteiger partial charge is 0.324 e. The quantitative estimate of drug-likeness (QED) is 0.301. The lowest BCUT2D eigenvalue weighted by molar-refractivity contribution is -0.149. The third kappa shape index (κ3) is 3.09. The summed E-state index contributed by atoms with van der Waals surface area (Å²) < 4.78 is 5.12. The summed E-state index contributed by atoms with van der Waals surface area (Å²) >= 11 is 0. The van der Waals surface area contributed by atoms with Crippen LogP contribution in [0.4, 0.5) is 0 Å². The minimum absolute atomic E-state index is 0.256. The highest BCUT2D eigenvalue weighted by atomic mass is 16.5. The van der Waals surface area contributed by atoms with Crippen LogP contribution in [0, 0.1) is 0 Å². The normalized spacial score (nSPS) is 19.2. The number of nitrogens with one attached hydrogen (secondary N) is 1. The van der Waals surface area contributed by atoms with Crippen LogP contribution in [-0.4, -0.2) is 42.9 Å². The van der Waals surface area contributed by atoms with Gasteiger partial charge >= 0.3 is 5.97 Å². The lowest BCUT2D eigenvalue weighted by atomic mass is 9.90. The van der Waals surface area contributed by atoms with E-state index in [4.69, 9.17) is 15.4 Å². The summed E-state index contributed by atoms with van der Waals surface area (Å²) in [6.45, 7) is 1.52. The maximum atomic E-state index is 11.1. The van der Waals surface area contributed by atoms with E-state index in [9.17, 15) is 4.79 Å². The molecule has 0 atom stereocenters. The molecule has 1 rings (SSSR count). The van der Waals surface area contributed by atoms with Gasteiger partial charge in [0.2, 0.25) is 0 Å². The van der Waals surface area contributed by atoms with Crippen LogP contribution in [0.3, 0.4) is 0 Å². The molecule has 0 aromatic heterocycles. The van der Waals surface area contributed by atoms with Crippen molar-refractivity contribution in [1.29, 1.82) is 0 Å². The van der Waals surface area contributed by atoms with E-state index in [0.717, 1.165) is 0 Å². The van der Waals surface area contributed by atoms with Crippen molar-refractivity contribution >= 4 is 5.97 Å². The number of hydrogen-bond donors (Lipinski definition) is 2. The van der Waals surface area contributed by atoms with Gasteiger partial charge in [-0.2, -0.15) is 0 Å². The molecule has 0 spiro atoms. The van der Waals surface area contributed by atoms with Crippen LogP contribution >= 0.6 is 0 Å². The molecule has 0 unspecified atom stereocenters. The van der Waals surface area contributed by atoms with E-state index in [0.29, 0.717) is 32.6 Å². The zero-order valence-electron chi connectivity index (χ0n) is 8.35. The number of azide groups is 1. The van der Waals surface area contributed by atoms with Gasteiger partial charge in [-0.15, -0.1) is 0 Å². The van der Waals surface area contributed by atoms with Gasteiger partial charge in [-0.3, -0.25) is 4.79 Å². The first-order chi connectivity index (χ1) is 7.21. The van der Waals surface area contributed by atoms with Crippen LogP contribution in [0.1, 0.15) is 12.8 Å². The Kier molecular flexibility index (Phi) is 4.36. The zero-order valence-corrected chi connectivity index (χ0v) is 8.35. The summed E-state index contributed by atoms with van der Waals surface area (Å²) in [4.78, 5) is 13.7. The summed E-state index contributed by atoms with van der Waals surface area (Å²) in [5, 5.41) is 15.4. The third-order valence-electron chi connectivity index (χ3n) is 2.49. The van der Waals surface area contributed by atoms with E-state index in [1.54, 1.807) is 0 Å². The second-order valence-corrected chi connectivity index (χ2v) is 3.38. The number of hydrogen-bond acceptors (Lipinski definition) is 4. The van der Waals surface area contributed by atoms with E-state index in [-0.39, 0.29) is 6.54 Å². The molecule has 7 heteroatoms. The number of ether oxygens (including phenoxy) is 1. The van der Waals surface area contributed by atoms with E-state index in [2.05, 4.69) is 15.3 Å². The topological polar surface area (TPSA) is 107 Å². The Bertz CT molecular complexity index is 269. The Morgan fingerprint density at radius 2 is 2.27 bits per heavy atom. The largest absolute Gasteiger partial charge is 0.480 e.